The molecule has 0 spiro atoms. The topological polar surface area (TPSA) is 45.1 Å². The van der Waals surface area contributed by atoms with Crippen molar-refractivity contribution >= 4 is 15.9 Å². The molecule has 2 N–H and O–H groups in total. The number of pyridine rings is 1. The molecule has 1 unspecified atom stereocenters. The first kappa shape index (κ1) is 13.6. The summed E-state index contributed by atoms with van der Waals surface area (Å²) in [5.74, 6) is 0. The first-order chi connectivity index (χ1) is 7.53. The smallest absolute Gasteiger partial charge is 0.0743 e. The molecule has 0 bridgehead atoms. The Morgan fingerprint density at radius 1 is 1.50 bits per heavy atom. The van der Waals surface area contributed by atoms with Crippen molar-refractivity contribution < 1.29 is 5.11 Å². The molecule has 0 aliphatic carbocycles. The van der Waals surface area contributed by atoms with E-state index in [4.69, 9.17) is 0 Å². The zero-order chi connectivity index (χ0) is 12.0. The Labute approximate surface area is 105 Å². The van der Waals surface area contributed by atoms with Crippen LogP contribution in [0.5, 0.6) is 0 Å². The minimum Gasteiger partial charge on any atom is -0.389 e. The molecule has 1 aromatic heterocycles. The zero-order valence-electron chi connectivity index (χ0n) is 9.83. The van der Waals surface area contributed by atoms with Gasteiger partial charge in [-0.25, -0.2) is 0 Å². The lowest BCUT2D eigenvalue weighted by Crippen LogP contribution is -2.37. The molecule has 1 heterocycles. The molecule has 0 radical (unpaired) electrons. The van der Waals surface area contributed by atoms with Gasteiger partial charge in [-0.05, 0) is 40.9 Å². The largest absolute Gasteiger partial charge is 0.389 e. The van der Waals surface area contributed by atoms with Gasteiger partial charge in [0.05, 0.1) is 5.60 Å². The van der Waals surface area contributed by atoms with Gasteiger partial charge in [0.1, 0.15) is 0 Å². The second-order valence-electron chi connectivity index (χ2n) is 4.36. The van der Waals surface area contributed by atoms with Crippen molar-refractivity contribution in [2.24, 2.45) is 0 Å². The Morgan fingerprint density at radius 3 is 2.88 bits per heavy atom. The van der Waals surface area contributed by atoms with E-state index in [0.717, 1.165) is 29.4 Å². The fourth-order valence-corrected chi connectivity index (χ4v) is 2.07. The number of aromatic nitrogens is 1. The number of rotatable bonds is 6. The molecule has 0 aliphatic heterocycles. The highest BCUT2D eigenvalue weighted by Crippen LogP contribution is 2.12. The molecule has 1 rings (SSSR count). The van der Waals surface area contributed by atoms with Crippen molar-refractivity contribution in [1.82, 2.24) is 10.3 Å². The van der Waals surface area contributed by atoms with Crippen LogP contribution >= 0.6 is 15.9 Å². The number of nitrogens with one attached hydrogen (secondary N) is 1. The Bertz CT molecular complexity index is 329. The fourth-order valence-electron chi connectivity index (χ4n) is 1.66. The van der Waals surface area contributed by atoms with E-state index in [1.54, 1.807) is 6.20 Å². The maximum Gasteiger partial charge on any atom is 0.0743 e. The van der Waals surface area contributed by atoms with Crippen LogP contribution < -0.4 is 5.32 Å². The van der Waals surface area contributed by atoms with Crippen LogP contribution in [0.1, 0.15) is 32.3 Å². The van der Waals surface area contributed by atoms with Gasteiger partial charge in [0.2, 0.25) is 0 Å². The lowest BCUT2D eigenvalue weighted by Gasteiger charge is -2.23. The molecular weight excluding hydrogens is 268 g/mol. The molecule has 0 fully saturated rings. The van der Waals surface area contributed by atoms with E-state index in [2.05, 4.69) is 33.2 Å². The van der Waals surface area contributed by atoms with Crippen LogP contribution in [-0.2, 0) is 6.54 Å². The van der Waals surface area contributed by atoms with E-state index in [1.807, 2.05) is 19.2 Å². The van der Waals surface area contributed by atoms with Crippen LogP contribution in [0, 0.1) is 0 Å². The molecular formula is C12H19BrN2O. The van der Waals surface area contributed by atoms with Crippen LogP contribution in [0.15, 0.2) is 22.9 Å². The molecule has 0 amide bonds. The second kappa shape index (κ2) is 6.33. The molecule has 4 heteroatoms. The number of hydrogen-bond donors (Lipinski definition) is 2. The molecule has 0 saturated heterocycles. The van der Waals surface area contributed by atoms with Crippen molar-refractivity contribution in [3.8, 4) is 0 Å². The standard InChI is InChI=1S/C12H19BrN2O/c1-3-4-12(2,16)9-15-7-10-5-11(13)8-14-6-10/h5-6,8,15-16H,3-4,7,9H2,1-2H3. The summed E-state index contributed by atoms with van der Waals surface area (Å²) in [6, 6.07) is 2.02. The second-order valence-corrected chi connectivity index (χ2v) is 5.28. The van der Waals surface area contributed by atoms with E-state index in [1.165, 1.54) is 0 Å². The highest BCUT2D eigenvalue weighted by atomic mass is 79.9. The minimum absolute atomic E-state index is 0.605. The summed E-state index contributed by atoms with van der Waals surface area (Å²) in [4.78, 5) is 4.09. The number of aliphatic hydroxyl groups is 1. The maximum atomic E-state index is 9.96. The predicted molar refractivity (Wildman–Crippen MR) is 69.2 cm³/mol. The third-order valence-corrected chi connectivity index (χ3v) is 2.82. The summed E-state index contributed by atoms with van der Waals surface area (Å²) in [7, 11) is 0. The van der Waals surface area contributed by atoms with Gasteiger partial charge in [0, 0.05) is 30.0 Å². The van der Waals surface area contributed by atoms with Gasteiger partial charge in [-0.1, -0.05) is 13.3 Å². The monoisotopic (exact) mass is 286 g/mol. The summed E-state index contributed by atoms with van der Waals surface area (Å²) in [6.45, 7) is 5.27. The average Bonchev–Trinajstić information content (AvgIpc) is 2.17. The molecule has 0 saturated carbocycles. The van der Waals surface area contributed by atoms with Crippen molar-refractivity contribution in [3.63, 3.8) is 0 Å². The van der Waals surface area contributed by atoms with Crippen LogP contribution in [0.3, 0.4) is 0 Å². The predicted octanol–water partition coefficient (Wildman–Crippen LogP) is 2.48. The normalized spacial score (nSPS) is 14.8. The van der Waals surface area contributed by atoms with E-state index < -0.39 is 5.60 Å². The first-order valence-electron chi connectivity index (χ1n) is 5.56. The first-order valence-corrected chi connectivity index (χ1v) is 6.35. The molecule has 1 atom stereocenters. The number of hydrogen-bond acceptors (Lipinski definition) is 3. The fraction of sp³-hybridized carbons (Fsp3) is 0.583. The molecule has 16 heavy (non-hydrogen) atoms. The Morgan fingerprint density at radius 2 is 2.25 bits per heavy atom. The Balaban J connectivity index is 2.35. The zero-order valence-corrected chi connectivity index (χ0v) is 11.4. The average molecular weight is 287 g/mol. The summed E-state index contributed by atoms with van der Waals surface area (Å²) in [6.07, 6.45) is 5.40. The van der Waals surface area contributed by atoms with E-state index in [-0.39, 0.29) is 0 Å². The van der Waals surface area contributed by atoms with E-state index >= 15 is 0 Å². The molecule has 3 nitrogen and oxygen atoms in total. The summed E-state index contributed by atoms with van der Waals surface area (Å²) >= 11 is 3.38. The van der Waals surface area contributed by atoms with Gasteiger partial charge in [0.15, 0.2) is 0 Å². The number of halogens is 1. The SMILES string of the molecule is CCCC(C)(O)CNCc1cncc(Br)c1. The van der Waals surface area contributed by atoms with Gasteiger partial charge in [-0.3, -0.25) is 4.98 Å². The van der Waals surface area contributed by atoms with E-state index in [9.17, 15) is 5.11 Å². The lowest BCUT2D eigenvalue weighted by molar-refractivity contribution is 0.0498. The third kappa shape index (κ3) is 5.05. The van der Waals surface area contributed by atoms with E-state index in [0.29, 0.717) is 6.54 Å². The molecule has 0 aliphatic rings. The lowest BCUT2D eigenvalue weighted by atomic mass is 10.0. The molecule has 0 aromatic carbocycles. The van der Waals surface area contributed by atoms with Crippen molar-refractivity contribution in [1.29, 1.82) is 0 Å². The molecule has 1 aromatic rings. The van der Waals surface area contributed by atoms with Crippen LogP contribution in [0.25, 0.3) is 0 Å². The Hall–Kier alpha value is -0.450. The molecule has 90 valence electrons. The van der Waals surface area contributed by atoms with Gasteiger partial charge < -0.3 is 10.4 Å². The highest BCUT2D eigenvalue weighted by Gasteiger charge is 2.17. The summed E-state index contributed by atoms with van der Waals surface area (Å²) in [5, 5.41) is 13.2. The van der Waals surface area contributed by atoms with Gasteiger partial charge in [0.25, 0.3) is 0 Å². The third-order valence-electron chi connectivity index (χ3n) is 2.39. The van der Waals surface area contributed by atoms with Crippen LogP contribution in [-0.4, -0.2) is 22.2 Å². The highest BCUT2D eigenvalue weighted by molar-refractivity contribution is 9.10. The van der Waals surface area contributed by atoms with Gasteiger partial charge >= 0.3 is 0 Å². The Kier molecular flexibility index (Phi) is 5.38. The maximum absolute atomic E-state index is 9.96. The van der Waals surface area contributed by atoms with Crippen molar-refractivity contribution in [3.05, 3.63) is 28.5 Å². The number of nitrogens with zero attached hydrogens (tertiary/aromatic N) is 1. The van der Waals surface area contributed by atoms with Crippen molar-refractivity contribution in [2.75, 3.05) is 6.54 Å². The summed E-state index contributed by atoms with van der Waals surface area (Å²) in [5.41, 5.74) is 0.496. The van der Waals surface area contributed by atoms with Gasteiger partial charge in [-0.2, -0.15) is 0 Å². The van der Waals surface area contributed by atoms with Crippen molar-refractivity contribution in [2.45, 2.75) is 38.8 Å². The van der Waals surface area contributed by atoms with Crippen LogP contribution in [0.2, 0.25) is 0 Å². The minimum atomic E-state index is -0.617. The van der Waals surface area contributed by atoms with Crippen LogP contribution in [0.4, 0.5) is 0 Å². The van der Waals surface area contributed by atoms with Gasteiger partial charge in [-0.15, -0.1) is 0 Å². The quantitative estimate of drug-likeness (QED) is 0.845. The summed E-state index contributed by atoms with van der Waals surface area (Å²) < 4.78 is 0.979.